The molecule has 0 bridgehead atoms. The highest BCUT2D eigenvalue weighted by Gasteiger charge is 2.12. The van der Waals surface area contributed by atoms with Crippen LogP contribution in [0, 0.1) is 0 Å². The first-order valence-electron chi connectivity index (χ1n) is 6.77. The predicted octanol–water partition coefficient (Wildman–Crippen LogP) is 4.54. The second-order valence-corrected chi connectivity index (χ2v) is 5.75. The molecule has 0 saturated heterocycles. The Morgan fingerprint density at radius 1 is 1.10 bits per heavy atom. The van der Waals surface area contributed by atoms with Crippen molar-refractivity contribution < 1.29 is 0 Å². The fourth-order valence-electron chi connectivity index (χ4n) is 2.53. The highest BCUT2D eigenvalue weighted by atomic mass is 35.5. The lowest BCUT2D eigenvalue weighted by Gasteiger charge is -2.11. The number of hydrogen-bond acceptors (Lipinski definition) is 2. The molecular formula is C16H15Cl2N3. The zero-order valence-corrected chi connectivity index (χ0v) is 13.1. The number of nitrogens with two attached hydrogens (primary N) is 1. The Morgan fingerprint density at radius 2 is 1.76 bits per heavy atom. The third kappa shape index (κ3) is 2.59. The van der Waals surface area contributed by atoms with Crippen molar-refractivity contribution in [2.24, 2.45) is 0 Å². The van der Waals surface area contributed by atoms with Crippen molar-refractivity contribution in [3.8, 4) is 0 Å². The van der Waals surface area contributed by atoms with Gasteiger partial charge in [0.05, 0.1) is 27.6 Å². The van der Waals surface area contributed by atoms with E-state index < -0.39 is 0 Å². The molecule has 2 N–H and O–H groups in total. The molecule has 2 aromatic carbocycles. The largest absolute Gasteiger partial charge is 0.369 e. The van der Waals surface area contributed by atoms with Crippen molar-refractivity contribution in [3.63, 3.8) is 0 Å². The molecule has 3 aromatic rings. The molecule has 3 nitrogen and oxygen atoms in total. The minimum absolute atomic E-state index is 0.467. The van der Waals surface area contributed by atoms with Crippen LogP contribution < -0.4 is 5.73 Å². The summed E-state index contributed by atoms with van der Waals surface area (Å²) in [5.74, 6) is 0.467. The van der Waals surface area contributed by atoms with Gasteiger partial charge in [0.15, 0.2) is 0 Å². The van der Waals surface area contributed by atoms with Crippen molar-refractivity contribution in [1.29, 1.82) is 0 Å². The van der Waals surface area contributed by atoms with E-state index >= 15 is 0 Å². The molecular weight excluding hydrogens is 305 g/mol. The van der Waals surface area contributed by atoms with E-state index in [1.807, 2.05) is 22.8 Å². The summed E-state index contributed by atoms with van der Waals surface area (Å²) in [5.41, 5.74) is 10.3. The number of hydrogen-bond donors (Lipinski definition) is 1. The fraction of sp³-hybridized carbons (Fsp3) is 0.188. The molecule has 0 fully saturated rings. The van der Waals surface area contributed by atoms with E-state index in [1.54, 1.807) is 6.07 Å². The summed E-state index contributed by atoms with van der Waals surface area (Å²) in [4.78, 5) is 4.36. The second kappa shape index (κ2) is 5.58. The number of nitrogens with zero attached hydrogens (tertiary/aromatic N) is 2. The number of benzene rings is 2. The number of aromatic nitrogens is 2. The van der Waals surface area contributed by atoms with Gasteiger partial charge in [-0.1, -0.05) is 54.4 Å². The average molecular weight is 320 g/mol. The van der Waals surface area contributed by atoms with Crippen molar-refractivity contribution >= 4 is 40.2 Å². The van der Waals surface area contributed by atoms with E-state index in [9.17, 15) is 0 Å². The summed E-state index contributed by atoms with van der Waals surface area (Å²) >= 11 is 12.2. The summed E-state index contributed by atoms with van der Waals surface area (Å²) in [7, 11) is 0. The number of anilines is 1. The van der Waals surface area contributed by atoms with Crippen LogP contribution in [-0.4, -0.2) is 9.55 Å². The monoisotopic (exact) mass is 319 g/mol. The van der Waals surface area contributed by atoms with Crippen LogP contribution >= 0.6 is 23.2 Å². The van der Waals surface area contributed by atoms with Crippen LogP contribution in [0.3, 0.4) is 0 Å². The topological polar surface area (TPSA) is 43.8 Å². The molecule has 0 aliphatic rings. The van der Waals surface area contributed by atoms with Crippen LogP contribution in [0.15, 0.2) is 36.4 Å². The molecule has 108 valence electrons. The molecule has 5 heteroatoms. The summed E-state index contributed by atoms with van der Waals surface area (Å²) in [5, 5.41) is 0.997. The highest BCUT2D eigenvalue weighted by molar-refractivity contribution is 6.42. The average Bonchev–Trinajstić information content (AvgIpc) is 2.76. The smallest absolute Gasteiger partial charge is 0.201 e. The highest BCUT2D eigenvalue weighted by Crippen LogP contribution is 2.29. The first-order valence-corrected chi connectivity index (χ1v) is 7.53. The van der Waals surface area contributed by atoms with Crippen LogP contribution in [-0.2, 0) is 13.0 Å². The lowest BCUT2D eigenvalue weighted by atomic mass is 10.1. The van der Waals surface area contributed by atoms with Crippen LogP contribution in [0.2, 0.25) is 10.0 Å². The number of rotatable bonds is 3. The minimum atomic E-state index is 0.467. The predicted molar refractivity (Wildman–Crippen MR) is 89.1 cm³/mol. The van der Waals surface area contributed by atoms with Gasteiger partial charge >= 0.3 is 0 Å². The quantitative estimate of drug-likeness (QED) is 0.770. The molecule has 1 heterocycles. The molecule has 21 heavy (non-hydrogen) atoms. The van der Waals surface area contributed by atoms with Gasteiger partial charge in [0.1, 0.15) is 0 Å². The zero-order chi connectivity index (χ0) is 15.0. The normalized spacial score (nSPS) is 11.2. The summed E-state index contributed by atoms with van der Waals surface area (Å²) in [6.45, 7) is 2.81. The lowest BCUT2D eigenvalue weighted by molar-refractivity contribution is 0.825. The molecule has 0 radical (unpaired) electrons. The molecule has 0 spiro atoms. The van der Waals surface area contributed by atoms with Gasteiger partial charge in [-0.25, -0.2) is 4.98 Å². The molecule has 0 aliphatic heterocycles. The minimum Gasteiger partial charge on any atom is -0.369 e. The Labute approximate surface area is 133 Å². The maximum Gasteiger partial charge on any atom is 0.201 e. The van der Waals surface area contributed by atoms with E-state index in [4.69, 9.17) is 28.9 Å². The fourth-order valence-corrected chi connectivity index (χ4v) is 2.85. The SMILES string of the molecule is CCc1ccccc1Cn1c(N)nc2cc(Cl)c(Cl)cc21. The Hall–Kier alpha value is -1.71. The van der Waals surface area contributed by atoms with Gasteiger partial charge < -0.3 is 10.3 Å². The van der Waals surface area contributed by atoms with Crippen LogP contribution in [0.25, 0.3) is 11.0 Å². The third-order valence-corrected chi connectivity index (χ3v) is 4.37. The van der Waals surface area contributed by atoms with E-state index in [2.05, 4.69) is 24.0 Å². The first-order chi connectivity index (χ1) is 10.1. The van der Waals surface area contributed by atoms with E-state index in [1.165, 1.54) is 11.1 Å². The van der Waals surface area contributed by atoms with Gasteiger partial charge in [-0.2, -0.15) is 0 Å². The maximum absolute atomic E-state index is 6.12. The molecule has 3 rings (SSSR count). The molecule has 1 aromatic heterocycles. The first kappa shape index (κ1) is 14.2. The summed E-state index contributed by atoms with van der Waals surface area (Å²) in [6.07, 6.45) is 0.981. The molecule has 0 unspecified atom stereocenters. The summed E-state index contributed by atoms with van der Waals surface area (Å²) in [6, 6.07) is 11.9. The number of nitrogen functional groups attached to an aromatic ring is 1. The number of halogens is 2. The molecule has 0 saturated carbocycles. The second-order valence-electron chi connectivity index (χ2n) is 4.93. The van der Waals surface area contributed by atoms with Gasteiger partial charge in [0.2, 0.25) is 5.95 Å². The molecule has 0 aliphatic carbocycles. The summed E-state index contributed by atoms with van der Waals surface area (Å²) < 4.78 is 1.96. The van der Waals surface area contributed by atoms with Gasteiger partial charge in [0.25, 0.3) is 0 Å². The van der Waals surface area contributed by atoms with E-state index in [0.717, 1.165) is 17.5 Å². The van der Waals surface area contributed by atoms with Crippen LogP contribution in [0.4, 0.5) is 5.95 Å². The van der Waals surface area contributed by atoms with Crippen LogP contribution in [0.5, 0.6) is 0 Å². The van der Waals surface area contributed by atoms with Crippen molar-refractivity contribution in [2.75, 3.05) is 5.73 Å². The molecule has 0 amide bonds. The van der Waals surface area contributed by atoms with Crippen LogP contribution in [0.1, 0.15) is 18.1 Å². The van der Waals surface area contributed by atoms with Crippen molar-refractivity contribution in [1.82, 2.24) is 9.55 Å². The van der Waals surface area contributed by atoms with Crippen molar-refractivity contribution in [3.05, 3.63) is 57.6 Å². The third-order valence-electron chi connectivity index (χ3n) is 3.65. The van der Waals surface area contributed by atoms with Gasteiger partial charge in [-0.15, -0.1) is 0 Å². The zero-order valence-electron chi connectivity index (χ0n) is 11.6. The van der Waals surface area contributed by atoms with Gasteiger partial charge in [0, 0.05) is 0 Å². The number of fused-ring (bicyclic) bond motifs is 1. The van der Waals surface area contributed by atoms with Gasteiger partial charge in [-0.3, -0.25) is 0 Å². The maximum atomic E-state index is 6.12. The Bertz CT molecular complexity index is 809. The molecule has 0 atom stereocenters. The Morgan fingerprint density at radius 3 is 2.48 bits per heavy atom. The van der Waals surface area contributed by atoms with E-state index in [-0.39, 0.29) is 0 Å². The lowest BCUT2D eigenvalue weighted by Crippen LogP contribution is -2.06. The Kier molecular flexibility index (Phi) is 3.79. The standard InChI is InChI=1S/C16H15Cl2N3/c1-2-10-5-3-4-6-11(10)9-21-15-8-13(18)12(17)7-14(15)20-16(21)19/h3-8H,2,9H2,1H3,(H2,19,20). The van der Waals surface area contributed by atoms with Gasteiger partial charge in [-0.05, 0) is 29.7 Å². The van der Waals surface area contributed by atoms with Crippen molar-refractivity contribution in [2.45, 2.75) is 19.9 Å². The number of imidazole rings is 1. The van der Waals surface area contributed by atoms with E-state index in [0.29, 0.717) is 22.5 Å². The Balaban J connectivity index is 2.12. The number of aryl methyl sites for hydroxylation is 1.